The molecule has 0 bridgehead atoms. The van der Waals surface area contributed by atoms with E-state index in [0.717, 1.165) is 11.1 Å². The number of aryl methyl sites for hydroxylation is 2. The monoisotopic (exact) mass is 418 g/mol. The molecule has 29 heavy (non-hydrogen) atoms. The lowest BCUT2D eigenvalue weighted by Crippen LogP contribution is -2.40. The number of ether oxygens (including phenoxy) is 1. The van der Waals surface area contributed by atoms with Gasteiger partial charge in [0, 0.05) is 13.1 Å². The zero-order valence-electron chi connectivity index (χ0n) is 17.7. The summed E-state index contributed by atoms with van der Waals surface area (Å²) in [6.45, 7) is 9.74. The largest absolute Gasteiger partial charge is 0.481 e. The third-order valence-corrected chi connectivity index (χ3v) is 6.17. The van der Waals surface area contributed by atoms with Gasteiger partial charge in [0.05, 0.1) is 4.90 Å². The van der Waals surface area contributed by atoms with E-state index in [0.29, 0.717) is 11.3 Å². The fourth-order valence-corrected chi connectivity index (χ4v) is 4.26. The van der Waals surface area contributed by atoms with E-state index in [4.69, 9.17) is 4.74 Å². The number of benzene rings is 2. The van der Waals surface area contributed by atoms with Crippen molar-refractivity contribution in [1.82, 2.24) is 10.0 Å². The van der Waals surface area contributed by atoms with Crippen LogP contribution in [-0.2, 0) is 14.8 Å². The van der Waals surface area contributed by atoms with E-state index < -0.39 is 16.1 Å². The molecule has 0 radical (unpaired) electrons. The van der Waals surface area contributed by atoms with E-state index in [1.165, 1.54) is 0 Å². The second kappa shape index (κ2) is 9.89. The number of para-hydroxylation sites is 1. The molecule has 0 spiro atoms. The van der Waals surface area contributed by atoms with Crippen LogP contribution < -0.4 is 14.8 Å². The minimum absolute atomic E-state index is 0.0939. The molecule has 1 unspecified atom stereocenters. The summed E-state index contributed by atoms with van der Waals surface area (Å²) in [5.74, 6) is 0.663. The van der Waals surface area contributed by atoms with Crippen molar-refractivity contribution < 1.29 is 17.9 Å². The maximum atomic E-state index is 12.4. The lowest BCUT2D eigenvalue weighted by atomic mass is 10.0. The Labute approximate surface area is 173 Å². The zero-order valence-corrected chi connectivity index (χ0v) is 18.5. The number of rotatable bonds is 9. The van der Waals surface area contributed by atoms with E-state index in [1.54, 1.807) is 26.0 Å². The van der Waals surface area contributed by atoms with Crippen molar-refractivity contribution in [2.24, 2.45) is 0 Å². The third-order valence-electron chi connectivity index (χ3n) is 4.55. The molecule has 158 valence electrons. The Morgan fingerprint density at radius 3 is 2.38 bits per heavy atom. The molecule has 1 amide bonds. The summed E-state index contributed by atoms with van der Waals surface area (Å²) in [6.07, 6.45) is -0.689. The van der Waals surface area contributed by atoms with Gasteiger partial charge in [-0.05, 0) is 49.9 Å². The van der Waals surface area contributed by atoms with Crippen LogP contribution >= 0.6 is 0 Å². The van der Waals surface area contributed by atoms with E-state index in [9.17, 15) is 13.2 Å². The molecule has 0 aliphatic heterocycles. The fraction of sp³-hybridized carbons (Fsp3) is 0.409. The molecule has 0 saturated carbocycles. The van der Waals surface area contributed by atoms with Gasteiger partial charge >= 0.3 is 0 Å². The van der Waals surface area contributed by atoms with Gasteiger partial charge in [-0.1, -0.05) is 49.7 Å². The average Bonchev–Trinajstić information content (AvgIpc) is 2.65. The van der Waals surface area contributed by atoms with Crippen molar-refractivity contribution in [3.05, 3.63) is 59.2 Å². The van der Waals surface area contributed by atoms with E-state index in [2.05, 4.69) is 23.9 Å². The summed E-state index contributed by atoms with van der Waals surface area (Å²) in [7, 11) is -3.62. The lowest BCUT2D eigenvalue weighted by molar-refractivity contribution is -0.127. The Kier molecular flexibility index (Phi) is 7.81. The average molecular weight is 419 g/mol. The molecule has 0 heterocycles. The van der Waals surface area contributed by atoms with Gasteiger partial charge in [-0.3, -0.25) is 4.79 Å². The first-order valence-electron chi connectivity index (χ1n) is 9.72. The second-order valence-corrected chi connectivity index (χ2v) is 9.15. The predicted molar refractivity (Wildman–Crippen MR) is 115 cm³/mol. The maximum Gasteiger partial charge on any atom is 0.260 e. The van der Waals surface area contributed by atoms with Crippen LogP contribution in [0.5, 0.6) is 5.75 Å². The van der Waals surface area contributed by atoms with Crippen molar-refractivity contribution in [2.45, 2.75) is 51.5 Å². The van der Waals surface area contributed by atoms with Crippen molar-refractivity contribution in [3.63, 3.8) is 0 Å². The summed E-state index contributed by atoms with van der Waals surface area (Å²) >= 11 is 0. The number of carbonyl (C=O) groups is 1. The quantitative estimate of drug-likeness (QED) is 0.612. The highest BCUT2D eigenvalue weighted by molar-refractivity contribution is 7.89. The van der Waals surface area contributed by atoms with Gasteiger partial charge in [0.25, 0.3) is 5.91 Å². The first-order chi connectivity index (χ1) is 13.6. The molecule has 0 aliphatic carbocycles. The number of nitrogens with one attached hydrogen (secondary N) is 2. The molecule has 7 heteroatoms. The summed E-state index contributed by atoms with van der Waals surface area (Å²) in [6, 6.07) is 12.8. The van der Waals surface area contributed by atoms with Gasteiger partial charge < -0.3 is 10.1 Å². The summed E-state index contributed by atoms with van der Waals surface area (Å²) < 4.78 is 33.2. The summed E-state index contributed by atoms with van der Waals surface area (Å²) in [5.41, 5.74) is 2.72. The molecule has 0 saturated heterocycles. The molecule has 6 nitrogen and oxygen atoms in total. The number of amides is 1. The molecule has 2 aromatic carbocycles. The second-order valence-electron chi connectivity index (χ2n) is 7.41. The number of hydrogen-bond donors (Lipinski definition) is 2. The topological polar surface area (TPSA) is 84.5 Å². The van der Waals surface area contributed by atoms with Gasteiger partial charge in [0.2, 0.25) is 10.0 Å². The Morgan fingerprint density at radius 2 is 1.72 bits per heavy atom. The van der Waals surface area contributed by atoms with Crippen molar-refractivity contribution in [2.75, 3.05) is 13.1 Å². The van der Waals surface area contributed by atoms with Crippen LogP contribution in [0.4, 0.5) is 0 Å². The van der Waals surface area contributed by atoms with Crippen molar-refractivity contribution >= 4 is 15.9 Å². The highest BCUT2D eigenvalue weighted by atomic mass is 32.2. The zero-order chi connectivity index (χ0) is 21.6. The van der Waals surface area contributed by atoms with Crippen LogP contribution in [0, 0.1) is 13.8 Å². The molecule has 2 aromatic rings. The highest BCUT2D eigenvalue weighted by Gasteiger charge is 2.18. The number of sulfonamides is 1. The van der Waals surface area contributed by atoms with E-state index in [1.807, 2.05) is 37.3 Å². The van der Waals surface area contributed by atoms with E-state index >= 15 is 0 Å². The van der Waals surface area contributed by atoms with Gasteiger partial charge in [-0.25, -0.2) is 13.1 Å². The molecule has 2 N–H and O–H groups in total. The van der Waals surface area contributed by atoms with Crippen LogP contribution in [-0.4, -0.2) is 33.5 Å². The highest BCUT2D eigenvalue weighted by Crippen LogP contribution is 2.26. The number of carbonyl (C=O) groups excluding carboxylic acids is 1. The van der Waals surface area contributed by atoms with Crippen LogP contribution in [0.2, 0.25) is 0 Å². The Morgan fingerprint density at radius 1 is 1.03 bits per heavy atom. The van der Waals surface area contributed by atoms with Crippen LogP contribution in [0.15, 0.2) is 47.4 Å². The predicted octanol–water partition coefficient (Wildman–Crippen LogP) is 3.29. The molecule has 1 atom stereocenters. The van der Waals surface area contributed by atoms with Crippen LogP contribution in [0.25, 0.3) is 0 Å². The Balaban J connectivity index is 1.86. The van der Waals surface area contributed by atoms with Crippen LogP contribution in [0.3, 0.4) is 0 Å². The Hall–Kier alpha value is -2.38. The standard InChI is InChI=1S/C22H30N2O4S/c1-15(2)19-8-6-7-9-20(19)28-18(5)22(25)23-12-13-24-29(26,27)21-11-10-16(3)14-17(21)4/h6-11,14-15,18,24H,12-13H2,1-5H3,(H,23,25). The van der Waals surface area contributed by atoms with Gasteiger partial charge in [0.1, 0.15) is 5.75 Å². The van der Waals surface area contributed by atoms with Gasteiger partial charge in [-0.15, -0.1) is 0 Å². The number of hydrogen-bond acceptors (Lipinski definition) is 4. The first kappa shape index (κ1) is 22.9. The molecule has 0 aliphatic rings. The minimum Gasteiger partial charge on any atom is -0.481 e. The minimum atomic E-state index is -3.62. The van der Waals surface area contributed by atoms with Gasteiger partial charge in [-0.2, -0.15) is 0 Å². The lowest BCUT2D eigenvalue weighted by Gasteiger charge is -2.18. The molecule has 0 fully saturated rings. The Bertz CT molecular complexity index is 955. The fourth-order valence-electron chi connectivity index (χ4n) is 3.00. The smallest absolute Gasteiger partial charge is 0.260 e. The molecule has 0 aromatic heterocycles. The summed E-state index contributed by atoms with van der Waals surface area (Å²) in [4.78, 5) is 12.5. The first-order valence-corrected chi connectivity index (χ1v) is 11.2. The van der Waals surface area contributed by atoms with Crippen molar-refractivity contribution in [1.29, 1.82) is 0 Å². The SMILES string of the molecule is Cc1ccc(S(=O)(=O)NCCNC(=O)C(C)Oc2ccccc2C(C)C)c(C)c1. The summed E-state index contributed by atoms with van der Waals surface area (Å²) in [5, 5.41) is 2.71. The van der Waals surface area contributed by atoms with E-state index in [-0.39, 0.29) is 29.8 Å². The molecular weight excluding hydrogens is 388 g/mol. The van der Waals surface area contributed by atoms with Crippen LogP contribution in [0.1, 0.15) is 43.4 Å². The molecular formula is C22H30N2O4S. The third kappa shape index (κ3) is 6.30. The normalized spacial score (nSPS) is 12.6. The van der Waals surface area contributed by atoms with Crippen molar-refractivity contribution in [3.8, 4) is 5.75 Å². The van der Waals surface area contributed by atoms with Gasteiger partial charge in [0.15, 0.2) is 6.10 Å². The molecule has 2 rings (SSSR count). The maximum absolute atomic E-state index is 12.4.